The lowest BCUT2D eigenvalue weighted by Crippen LogP contribution is -2.66. The van der Waals surface area contributed by atoms with E-state index >= 15 is 0 Å². The molecule has 2 aromatic heterocycles. The zero-order valence-electron chi connectivity index (χ0n) is 14.3. The van der Waals surface area contributed by atoms with Crippen LogP contribution in [-0.4, -0.2) is 52.7 Å². The Morgan fingerprint density at radius 1 is 1.31 bits per heavy atom. The zero-order chi connectivity index (χ0) is 18.0. The van der Waals surface area contributed by atoms with Crippen molar-refractivity contribution in [2.24, 2.45) is 5.92 Å². The van der Waals surface area contributed by atoms with Crippen LogP contribution in [0.5, 0.6) is 5.88 Å². The van der Waals surface area contributed by atoms with E-state index in [4.69, 9.17) is 9.47 Å². The predicted octanol–water partition coefficient (Wildman–Crippen LogP) is 2.32. The molecule has 1 atom stereocenters. The van der Waals surface area contributed by atoms with Gasteiger partial charge in [0.25, 0.3) is 5.91 Å². The third-order valence-electron chi connectivity index (χ3n) is 5.16. The summed E-state index contributed by atoms with van der Waals surface area (Å²) in [5, 5.41) is 0. The molecule has 136 valence electrons. The first-order valence-corrected chi connectivity index (χ1v) is 8.74. The second kappa shape index (κ2) is 6.99. The minimum absolute atomic E-state index is 0.000850. The van der Waals surface area contributed by atoms with Crippen LogP contribution in [0.3, 0.4) is 0 Å². The van der Waals surface area contributed by atoms with Gasteiger partial charge in [0.1, 0.15) is 5.60 Å². The average Bonchev–Trinajstić information content (AvgIpc) is 3.06. The summed E-state index contributed by atoms with van der Waals surface area (Å²) in [6.45, 7) is 2.22. The van der Waals surface area contributed by atoms with Gasteiger partial charge in [-0.15, -0.1) is 0 Å². The van der Waals surface area contributed by atoms with Gasteiger partial charge in [-0.05, 0) is 43.0 Å². The van der Waals surface area contributed by atoms with E-state index in [1.54, 1.807) is 29.4 Å². The van der Waals surface area contributed by atoms with Crippen molar-refractivity contribution >= 4 is 5.91 Å². The standard InChI is InChI=1S/C19H20FN3O3/c20-16-2-1-7-22-17(16)25-10-5-15-6-11-26-19(15)12-23(13-19)18(24)14-3-8-21-9-4-14/h1-4,7-9,15H,5-6,10-13H2/t15-/m1/s1. The number of hydrogen-bond donors (Lipinski definition) is 0. The number of carbonyl (C=O) groups excluding carboxylic acids is 1. The van der Waals surface area contributed by atoms with Gasteiger partial charge >= 0.3 is 0 Å². The maximum absolute atomic E-state index is 13.6. The van der Waals surface area contributed by atoms with Crippen LogP contribution in [-0.2, 0) is 4.74 Å². The summed E-state index contributed by atoms with van der Waals surface area (Å²) in [6, 6.07) is 6.30. The van der Waals surface area contributed by atoms with Crippen molar-refractivity contribution in [1.29, 1.82) is 0 Å². The Kier molecular flexibility index (Phi) is 4.55. The Morgan fingerprint density at radius 3 is 2.88 bits per heavy atom. The number of rotatable bonds is 5. The summed E-state index contributed by atoms with van der Waals surface area (Å²) in [5.41, 5.74) is 0.340. The smallest absolute Gasteiger partial charge is 0.254 e. The van der Waals surface area contributed by atoms with Crippen molar-refractivity contribution in [1.82, 2.24) is 14.9 Å². The third kappa shape index (κ3) is 3.14. The molecular formula is C19H20FN3O3. The second-order valence-corrected chi connectivity index (χ2v) is 6.72. The molecule has 2 aromatic rings. The Hall–Kier alpha value is -2.54. The van der Waals surface area contributed by atoms with Crippen molar-refractivity contribution in [3.8, 4) is 5.88 Å². The molecule has 0 unspecified atom stereocenters. The molecule has 6 nitrogen and oxygen atoms in total. The fourth-order valence-electron chi connectivity index (χ4n) is 3.74. The highest BCUT2D eigenvalue weighted by molar-refractivity contribution is 5.94. The molecule has 1 amide bonds. The van der Waals surface area contributed by atoms with Gasteiger partial charge in [-0.2, -0.15) is 0 Å². The zero-order valence-corrected chi connectivity index (χ0v) is 14.3. The minimum Gasteiger partial charge on any atom is -0.476 e. The molecule has 0 aliphatic carbocycles. The quantitative estimate of drug-likeness (QED) is 0.822. The number of amides is 1. The Morgan fingerprint density at radius 2 is 2.12 bits per heavy atom. The molecule has 7 heteroatoms. The lowest BCUT2D eigenvalue weighted by Gasteiger charge is -2.50. The van der Waals surface area contributed by atoms with Crippen LogP contribution in [0.4, 0.5) is 4.39 Å². The highest BCUT2D eigenvalue weighted by atomic mass is 19.1. The molecule has 0 radical (unpaired) electrons. The number of likely N-dealkylation sites (tertiary alicyclic amines) is 1. The van der Waals surface area contributed by atoms with Gasteiger partial charge in [-0.1, -0.05) is 0 Å². The Balaban J connectivity index is 1.32. The highest BCUT2D eigenvalue weighted by Gasteiger charge is 2.54. The van der Waals surface area contributed by atoms with Crippen LogP contribution in [0, 0.1) is 11.7 Å². The van der Waals surface area contributed by atoms with E-state index in [2.05, 4.69) is 9.97 Å². The molecule has 4 heterocycles. The number of halogens is 1. The number of nitrogens with zero attached hydrogens (tertiary/aromatic N) is 3. The first-order chi connectivity index (χ1) is 12.7. The largest absolute Gasteiger partial charge is 0.476 e. The summed E-state index contributed by atoms with van der Waals surface area (Å²) in [6.07, 6.45) is 6.41. The predicted molar refractivity (Wildman–Crippen MR) is 91.2 cm³/mol. The third-order valence-corrected chi connectivity index (χ3v) is 5.16. The van der Waals surface area contributed by atoms with E-state index in [-0.39, 0.29) is 23.3 Å². The maximum atomic E-state index is 13.6. The van der Waals surface area contributed by atoms with Gasteiger partial charge in [0.05, 0.1) is 19.7 Å². The molecule has 26 heavy (non-hydrogen) atoms. The summed E-state index contributed by atoms with van der Waals surface area (Å²) in [5.74, 6) is -0.138. The van der Waals surface area contributed by atoms with Crippen LogP contribution < -0.4 is 4.74 Å². The van der Waals surface area contributed by atoms with E-state index in [9.17, 15) is 9.18 Å². The molecule has 2 fully saturated rings. The molecule has 2 aliphatic rings. The highest BCUT2D eigenvalue weighted by Crippen LogP contribution is 2.42. The number of hydrogen-bond acceptors (Lipinski definition) is 5. The van der Waals surface area contributed by atoms with Crippen LogP contribution in [0.15, 0.2) is 42.9 Å². The fraction of sp³-hybridized carbons (Fsp3) is 0.421. The summed E-state index contributed by atoms with van der Waals surface area (Å²) < 4.78 is 25.0. The van der Waals surface area contributed by atoms with E-state index in [0.717, 1.165) is 12.8 Å². The van der Waals surface area contributed by atoms with Crippen LogP contribution in [0.1, 0.15) is 23.2 Å². The van der Waals surface area contributed by atoms with Crippen molar-refractivity contribution in [2.75, 3.05) is 26.3 Å². The van der Waals surface area contributed by atoms with Crippen molar-refractivity contribution in [3.05, 3.63) is 54.2 Å². The number of carbonyl (C=O) groups is 1. The molecule has 0 bridgehead atoms. The van der Waals surface area contributed by atoms with Crippen molar-refractivity contribution in [3.63, 3.8) is 0 Å². The van der Waals surface area contributed by atoms with Crippen molar-refractivity contribution in [2.45, 2.75) is 18.4 Å². The second-order valence-electron chi connectivity index (χ2n) is 6.72. The van der Waals surface area contributed by atoms with E-state index in [1.807, 2.05) is 0 Å². The van der Waals surface area contributed by atoms with E-state index in [1.165, 1.54) is 18.3 Å². The van der Waals surface area contributed by atoms with Crippen molar-refractivity contribution < 1.29 is 18.7 Å². The molecule has 0 saturated carbocycles. The Labute approximate surface area is 151 Å². The maximum Gasteiger partial charge on any atom is 0.254 e. The molecule has 0 aromatic carbocycles. The number of aromatic nitrogens is 2. The minimum atomic E-state index is -0.456. The lowest BCUT2D eigenvalue weighted by atomic mass is 9.79. The molecule has 2 aliphatic heterocycles. The van der Waals surface area contributed by atoms with Gasteiger partial charge in [-0.25, -0.2) is 9.37 Å². The Bertz CT molecular complexity index is 781. The SMILES string of the molecule is O=C(c1ccncc1)N1CC2(C1)OCC[C@H]2CCOc1ncccc1F. The molecule has 1 spiro atoms. The molecule has 2 saturated heterocycles. The topological polar surface area (TPSA) is 64.6 Å². The summed E-state index contributed by atoms with van der Waals surface area (Å²) in [7, 11) is 0. The summed E-state index contributed by atoms with van der Waals surface area (Å²) in [4.78, 5) is 22.1. The fourth-order valence-corrected chi connectivity index (χ4v) is 3.74. The van der Waals surface area contributed by atoms with Crippen LogP contribution >= 0.6 is 0 Å². The van der Waals surface area contributed by atoms with Gasteiger partial charge in [0.2, 0.25) is 5.88 Å². The monoisotopic (exact) mass is 357 g/mol. The normalized spacial score (nSPS) is 20.8. The van der Waals surface area contributed by atoms with Crippen LogP contribution in [0.2, 0.25) is 0 Å². The summed E-state index contributed by atoms with van der Waals surface area (Å²) >= 11 is 0. The van der Waals surface area contributed by atoms with Crippen LogP contribution in [0.25, 0.3) is 0 Å². The molecule has 0 N–H and O–H groups in total. The van der Waals surface area contributed by atoms with Gasteiger partial charge < -0.3 is 14.4 Å². The van der Waals surface area contributed by atoms with E-state index < -0.39 is 5.82 Å². The average molecular weight is 357 g/mol. The number of ether oxygens (including phenoxy) is 2. The van der Waals surface area contributed by atoms with Gasteiger partial charge in [0, 0.05) is 30.8 Å². The molecule has 4 rings (SSSR count). The number of pyridine rings is 2. The van der Waals surface area contributed by atoms with E-state index in [0.29, 0.717) is 31.9 Å². The first kappa shape index (κ1) is 16.9. The first-order valence-electron chi connectivity index (χ1n) is 8.74. The van der Waals surface area contributed by atoms with Gasteiger partial charge in [-0.3, -0.25) is 9.78 Å². The lowest BCUT2D eigenvalue weighted by molar-refractivity contribution is -0.119. The van der Waals surface area contributed by atoms with Gasteiger partial charge in [0.15, 0.2) is 5.82 Å². The molecular weight excluding hydrogens is 337 g/mol.